The van der Waals surface area contributed by atoms with Crippen molar-refractivity contribution in [2.45, 2.75) is 12.8 Å². The second-order valence-electron chi connectivity index (χ2n) is 3.65. The van der Waals surface area contributed by atoms with Gasteiger partial charge in [0.05, 0.1) is 11.1 Å². The normalized spacial score (nSPS) is 9.76. The largest absolute Gasteiger partial charge is 0.345 e. The molecule has 1 amide bonds. The molecular weight excluding hydrogens is 243 g/mol. The number of likely N-dealkylation sites (N-methyl/N-ethyl adjacent to an activating group) is 1. The fourth-order valence-corrected chi connectivity index (χ4v) is 1.52. The summed E-state index contributed by atoms with van der Waals surface area (Å²) in [5.41, 5.74) is 0.855. The monoisotopic (exact) mass is 254 g/mol. The van der Waals surface area contributed by atoms with E-state index in [0.29, 0.717) is 13.0 Å². The Morgan fingerprint density at radius 1 is 1.59 bits per heavy atom. The lowest BCUT2D eigenvalue weighted by atomic mass is 10.1. The summed E-state index contributed by atoms with van der Waals surface area (Å²) in [7, 11) is 1.63. The van der Waals surface area contributed by atoms with Crippen molar-refractivity contribution in [3.05, 3.63) is 34.6 Å². The highest BCUT2D eigenvalue weighted by molar-refractivity contribution is 6.30. The molecule has 5 heteroatoms. The molecule has 0 fully saturated rings. The van der Waals surface area contributed by atoms with Gasteiger partial charge in [-0.25, -0.2) is 4.39 Å². The van der Waals surface area contributed by atoms with Gasteiger partial charge >= 0.3 is 0 Å². The van der Waals surface area contributed by atoms with Crippen LogP contribution in [0.2, 0.25) is 5.02 Å². The summed E-state index contributed by atoms with van der Waals surface area (Å²) in [4.78, 5) is 12.8. The number of carbonyl (C=O) groups is 1. The lowest BCUT2D eigenvalue weighted by Crippen LogP contribution is -2.28. The predicted octanol–water partition coefficient (Wildman–Crippen LogP) is 2.39. The molecule has 90 valence electrons. The highest BCUT2D eigenvalue weighted by atomic mass is 35.5. The lowest BCUT2D eigenvalue weighted by Gasteiger charge is -2.15. The first-order valence-electron chi connectivity index (χ1n) is 5.09. The Labute approximate surface area is 104 Å². The summed E-state index contributed by atoms with van der Waals surface area (Å²) in [5, 5.41) is 8.46. The number of rotatable bonds is 4. The van der Waals surface area contributed by atoms with Crippen LogP contribution in [0.25, 0.3) is 0 Å². The number of nitrogens with zero attached hydrogens (tertiary/aromatic N) is 2. The van der Waals surface area contributed by atoms with E-state index in [4.69, 9.17) is 16.9 Å². The second kappa shape index (κ2) is 6.21. The van der Waals surface area contributed by atoms with Crippen LogP contribution in [0.15, 0.2) is 18.2 Å². The zero-order valence-electron chi connectivity index (χ0n) is 9.41. The van der Waals surface area contributed by atoms with Crippen molar-refractivity contribution >= 4 is 17.5 Å². The van der Waals surface area contributed by atoms with Gasteiger partial charge < -0.3 is 4.90 Å². The van der Waals surface area contributed by atoms with Crippen LogP contribution in [0.4, 0.5) is 4.39 Å². The Bertz CT molecular complexity index is 456. The molecular formula is C12H12ClFN2O. The van der Waals surface area contributed by atoms with Gasteiger partial charge in [-0.1, -0.05) is 17.7 Å². The first kappa shape index (κ1) is 13.5. The van der Waals surface area contributed by atoms with Crippen molar-refractivity contribution in [2.24, 2.45) is 0 Å². The second-order valence-corrected chi connectivity index (χ2v) is 4.06. The maximum absolute atomic E-state index is 12.9. The molecule has 0 aromatic heterocycles. The summed E-state index contributed by atoms with van der Waals surface area (Å²) in [6.45, 7) is 0.475. The number of hydrogen-bond acceptors (Lipinski definition) is 2. The van der Waals surface area contributed by atoms with Crippen LogP contribution < -0.4 is 0 Å². The van der Waals surface area contributed by atoms with E-state index in [2.05, 4.69) is 0 Å². The molecule has 0 atom stereocenters. The SMILES string of the molecule is CN(CCc1ccc(F)c(Cl)c1)C(=O)CC#N. The molecule has 17 heavy (non-hydrogen) atoms. The fraction of sp³-hybridized carbons (Fsp3) is 0.333. The minimum Gasteiger partial charge on any atom is -0.345 e. The zero-order chi connectivity index (χ0) is 12.8. The molecule has 0 aliphatic heterocycles. The number of hydrogen-bond donors (Lipinski definition) is 0. The van der Waals surface area contributed by atoms with E-state index in [1.807, 2.05) is 0 Å². The lowest BCUT2D eigenvalue weighted by molar-refractivity contribution is -0.128. The quantitative estimate of drug-likeness (QED) is 0.828. The van der Waals surface area contributed by atoms with Crippen LogP contribution in [-0.4, -0.2) is 24.4 Å². The van der Waals surface area contributed by atoms with Gasteiger partial charge in [0.2, 0.25) is 5.91 Å². The molecule has 0 spiro atoms. The van der Waals surface area contributed by atoms with E-state index in [9.17, 15) is 9.18 Å². The average Bonchev–Trinajstić information content (AvgIpc) is 2.30. The van der Waals surface area contributed by atoms with E-state index in [1.165, 1.54) is 11.0 Å². The Balaban J connectivity index is 2.53. The number of carbonyl (C=O) groups excluding carboxylic acids is 1. The molecule has 3 nitrogen and oxygen atoms in total. The maximum atomic E-state index is 12.9. The minimum atomic E-state index is -0.454. The van der Waals surface area contributed by atoms with Gasteiger partial charge in [0.1, 0.15) is 12.2 Å². The van der Waals surface area contributed by atoms with Crippen LogP contribution in [-0.2, 0) is 11.2 Å². The Kier molecular flexibility index (Phi) is 4.92. The number of amides is 1. The van der Waals surface area contributed by atoms with Crippen molar-refractivity contribution in [3.8, 4) is 6.07 Å². The van der Waals surface area contributed by atoms with Crippen molar-refractivity contribution < 1.29 is 9.18 Å². The van der Waals surface area contributed by atoms with E-state index in [1.54, 1.807) is 25.2 Å². The van der Waals surface area contributed by atoms with Crippen molar-refractivity contribution in [2.75, 3.05) is 13.6 Å². The Morgan fingerprint density at radius 3 is 2.88 bits per heavy atom. The Hall–Kier alpha value is -1.60. The molecule has 0 N–H and O–H groups in total. The number of nitriles is 1. The number of benzene rings is 1. The van der Waals surface area contributed by atoms with Crippen LogP contribution >= 0.6 is 11.6 Å². The molecule has 0 aliphatic carbocycles. The van der Waals surface area contributed by atoms with Gasteiger partial charge in [-0.15, -0.1) is 0 Å². The molecule has 1 aromatic rings. The number of halogens is 2. The van der Waals surface area contributed by atoms with Gasteiger partial charge in [0.25, 0.3) is 0 Å². The standard InChI is InChI=1S/C12H12ClFN2O/c1-16(12(17)4-6-15)7-5-9-2-3-11(14)10(13)8-9/h2-3,8H,4-5,7H2,1H3. The maximum Gasteiger partial charge on any atom is 0.236 e. The van der Waals surface area contributed by atoms with Crippen LogP contribution in [0.1, 0.15) is 12.0 Å². The molecule has 0 bridgehead atoms. The third kappa shape index (κ3) is 4.04. The summed E-state index contributed by atoms with van der Waals surface area (Å²) >= 11 is 5.64. The van der Waals surface area contributed by atoms with Crippen LogP contribution in [0, 0.1) is 17.1 Å². The Morgan fingerprint density at radius 2 is 2.29 bits per heavy atom. The molecule has 0 heterocycles. The van der Waals surface area contributed by atoms with E-state index < -0.39 is 5.82 Å². The first-order chi connectivity index (χ1) is 8.04. The summed E-state index contributed by atoms with van der Waals surface area (Å²) in [6.07, 6.45) is 0.453. The third-order valence-electron chi connectivity index (χ3n) is 2.38. The van der Waals surface area contributed by atoms with Crippen molar-refractivity contribution in [1.29, 1.82) is 5.26 Å². The molecule has 1 aromatic carbocycles. The third-order valence-corrected chi connectivity index (χ3v) is 2.67. The molecule has 0 radical (unpaired) electrons. The van der Waals surface area contributed by atoms with E-state index in [-0.39, 0.29) is 17.4 Å². The van der Waals surface area contributed by atoms with E-state index in [0.717, 1.165) is 5.56 Å². The molecule has 0 saturated carbocycles. The van der Waals surface area contributed by atoms with Crippen molar-refractivity contribution in [3.63, 3.8) is 0 Å². The summed E-state index contributed by atoms with van der Waals surface area (Å²) in [5.74, 6) is -0.676. The highest BCUT2D eigenvalue weighted by Gasteiger charge is 2.08. The smallest absolute Gasteiger partial charge is 0.236 e. The first-order valence-corrected chi connectivity index (χ1v) is 5.47. The van der Waals surface area contributed by atoms with Gasteiger partial charge in [-0.3, -0.25) is 4.79 Å². The summed E-state index contributed by atoms with van der Waals surface area (Å²) in [6, 6.07) is 6.27. The molecule has 0 unspecified atom stereocenters. The summed E-state index contributed by atoms with van der Waals surface area (Å²) < 4.78 is 12.9. The zero-order valence-corrected chi connectivity index (χ0v) is 10.2. The molecule has 0 aliphatic rings. The highest BCUT2D eigenvalue weighted by Crippen LogP contribution is 2.16. The van der Waals surface area contributed by atoms with Crippen LogP contribution in [0.5, 0.6) is 0 Å². The van der Waals surface area contributed by atoms with Gasteiger partial charge in [0, 0.05) is 13.6 Å². The minimum absolute atomic E-state index is 0.0773. The van der Waals surface area contributed by atoms with Crippen molar-refractivity contribution in [1.82, 2.24) is 4.90 Å². The van der Waals surface area contributed by atoms with Gasteiger partial charge in [0.15, 0.2) is 0 Å². The van der Waals surface area contributed by atoms with Crippen LogP contribution in [0.3, 0.4) is 0 Å². The average molecular weight is 255 g/mol. The predicted molar refractivity (Wildman–Crippen MR) is 63.0 cm³/mol. The van der Waals surface area contributed by atoms with Gasteiger partial charge in [-0.2, -0.15) is 5.26 Å². The molecule has 0 saturated heterocycles. The van der Waals surface area contributed by atoms with Gasteiger partial charge in [-0.05, 0) is 24.1 Å². The molecule has 1 rings (SSSR count). The van der Waals surface area contributed by atoms with E-state index >= 15 is 0 Å². The fourth-order valence-electron chi connectivity index (χ4n) is 1.32. The topological polar surface area (TPSA) is 44.1 Å².